The zero-order valence-electron chi connectivity index (χ0n) is 15.9. The second-order valence-corrected chi connectivity index (χ2v) is 7.52. The summed E-state index contributed by atoms with van der Waals surface area (Å²) in [6, 6.07) is 18.8. The van der Waals surface area contributed by atoms with Crippen LogP contribution in [0.5, 0.6) is 5.75 Å². The fourth-order valence-electron chi connectivity index (χ4n) is 2.42. The van der Waals surface area contributed by atoms with Gasteiger partial charge in [-0.15, -0.1) is 0 Å². The predicted molar refractivity (Wildman–Crippen MR) is 123 cm³/mol. The summed E-state index contributed by atoms with van der Waals surface area (Å²) in [7, 11) is 0. The van der Waals surface area contributed by atoms with Crippen LogP contribution < -0.4 is 15.5 Å². The number of anilines is 1. The first-order valence-electron chi connectivity index (χ1n) is 8.97. The fraction of sp³-hybridized carbons (Fsp3) is 0.0455. The Morgan fingerprint density at radius 2 is 1.68 bits per heavy atom. The van der Waals surface area contributed by atoms with Crippen molar-refractivity contribution in [2.75, 3.05) is 5.32 Å². The van der Waals surface area contributed by atoms with Crippen molar-refractivity contribution >= 4 is 58.5 Å². The first kappa shape index (κ1) is 22.6. The van der Waals surface area contributed by atoms with Gasteiger partial charge in [0.25, 0.3) is 0 Å². The van der Waals surface area contributed by atoms with Crippen LogP contribution in [0.25, 0.3) is 0 Å². The Morgan fingerprint density at radius 1 is 0.903 bits per heavy atom. The Morgan fingerprint density at radius 3 is 2.39 bits per heavy atom. The minimum Gasteiger partial charge on any atom is -0.489 e. The lowest BCUT2D eigenvalue weighted by Crippen LogP contribution is -2.32. The lowest BCUT2D eigenvalue weighted by atomic mass is 10.2. The summed E-state index contributed by atoms with van der Waals surface area (Å²) in [5.74, 6) is -1.11. The number of nitrogens with one attached hydrogen (secondary N) is 2. The van der Waals surface area contributed by atoms with Gasteiger partial charge in [0.15, 0.2) is 0 Å². The summed E-state index contributed by atoms with van der Waals surface area (Å²) < 4.78 is 5.70. The highest BCUT2D eigenvalue weighted by molar-refractivity contribution is 6.42. The normalized spacial score (nSPS) is 10.7. The molecular formula is C22H16Cl3N3O3. The fourth-order valence-corrected chi connectivity index (χ4v) is 2.93. The number of benzene rings is 3. The summed E-state index contributed by atoms with van der Waals surface area (Å²) >= 11 is 17.7. The van der Waals surface area contributed by atoms with Crippen LogP contribution in [0.15, 0.2) is 71.8 Å². The van der Waals surface area contributed by atoms with Crippen molar-refractivity contribution in [3.8, 4) is 5.75 Å². The van der Waals surface area contributed by atoms with Crippen LogP contribution in [0, 0.1) is 0 Å². The number of rotatable bonds is 6. The molecule has 0 saturated carbocycles. The molecule has 0 bridgehead atoms. The monoisotopic (exact) mass is 475 g/mol. The summed E-state index contributed by atoms with van der Waals surface area (Å²) in [6.45, 7) is 0.335. The Bertz CT molecular complexity index is 1120. The molecule has 3 aromatic rings. The Kier molecular flexibility index (Phi) is 7.89. The number of hydrazone groups is 1. The molecule has 0 unspecified atom stereocenters. The SMILES string of the molecule is O=C(N/N=C\c1ccc(OCc2ccc(Cl)c(Cl)c2)cc1)C(=O)Nc1cccc(Cl)c1. The molecule has 31 heavy (non-hydrogen) atoms. The van der Waals surface area contributed by atoms with E-state index in [9.17, 15) is 9.59 Å². The third kappa shape index (κ3) is 7.00. The molecule has 0 aliphatic rings. The number of hydrogen-bond acceptors (Lipinski definition) is 4. The number of nitrogens with zero attached hydrogens (tertiary/aromatic N) is 1. The number of hydrogen-bond donors (Lipinski definition) is 2. The number of ether oxygens (including phenoxy) is 1. The maximum absolute atomic E-state index is 11.9. The van der Waals surface area contributed by atoms with Crippen LogP contribution in [0.4, 0.5) is 5.69 Å². The highest BCUT2D eigenvalue weighted by atomic mass is 35.5. The molecule has 0 radical (unpaired) electrons. The first-order valence-corrected chi connectivity index (χ1v) is 10.1. The molecule has 0 fully saturated rings. The Labute approximate surface area is 193 Å². The lowest BCUT2D eigenvalue weighted by molar-refractivity contribution is -0.136. The summed E-state index contributed by atoms with van der Waals surface area (Å²) in [6.07, 6.45) is 1.41. The molecule has 3 aromatic carbocycles. The van der Waals surface area contributed by atoms with Crippen LogP contribution >= 0.6 is 34.8 Å². The number of carbonyl (C=O) groups is 2. The quantitative estimate of drug-likeness (QED) is 0.287. The van der Waals surface area contributed by atoms with Gasteiger partial charge in [0.05, 0.1) is 16.3 Å². The van der Waals surface area contributed by atoms with E-state index in [2.05, 4.69) is 15.8 Å². The molecule has 158 valence electrons. The second-order valence-electron chi connectivity index (χ2n) is 6.27. The lowest BCUT2D eigenvalue weighted by Gasteiger charge is -2.07. The molecule has 3 rings (SSSR count). The van der Waals surface area contributed by atoms with E-state index in [1.54, 1.807) is 54.6 Å². The van der Waals surface area contributed by atoms with E-state index in [1.807, 2.05) is 6.07 Å². The van der Waals surface area contributed by atoms with Crippen molar-refractivity contribution in [2.45, 2.75) is 6.61 Å². The highest BCUT2D eigenvalue weighted by Crippen LogP contribution is 2.23. The molecule has 0 atom stereocenters. The standard InChI is InChI=1S/C22H16Cl3N3O3/c23-16-2-1-3-17(11-16)27-21(29)22(30)28-26-12-14-4-7-18(8-5-14)31-13-15-6-9-19(24)20(25)10-15/h1-12H,13H2,(H,27,29)(H,28,30)/b26-12-. The minimum atomic E-state index is -0.905. The topological polar surface area (TPSA) is 79.8 Å². The third-order valence-corrected chi connectivity index (χ3v) is 4.91. The molecule has 9 heteroatoms. The summed E-state index contributed by atoms with van der Waals surface area (Å²) in [4.78, 5) is 23.7. The van der Waals surface area contributed by atoms with Crippen molar-refractivity contribution in [3.63, 3.8) is 0 Å². The van der Waals surface area contributed by atoms with Crippen LogP contribution in [-0.2, 0) is 16.2 Å². The van der Waals surface area contributed by atoms with Crippen LogP contribution in [0.3, 0.4) is 0 Å². The zero-order chi connectivity index (χ0) is 22.2. The van der Waals surface area contributed by atoms with E-state index in [0.717, 1.165) is 5.56 Å². The molecule has 0 heterocycles. The van der Waals surface area contributed by atoms with Gasteiger partial charge in [0.1, 0.15) is 12.4 Å². The molecule has 2 amide bonds. The summed E-state index contributed by atoms with van der Waals surface area (Å²) in [5, 5.41) is 7.62. The van der Waals surface area contributed by atoms with E-state index >= 15 is 0 Å². The van der Waals surface area contributed by atoms with E-state index in [1.165, 1.54) is 12.3 Å². The van der Waals surface area contributed by atoms with Gasteiger partial charge in [-0.2, -0.15) is 5.10 Å². The van der Waals surface area contributed by atoms with E-state index in [0.29, 0.717) is 38.7 Å². The van der Waals surface area contributed by atoms with Crippen molar-refractivity contribution in [1.29, 1.82) is 0 Å². The molecule has 0 aromatic heterocycles. The van der Waals surface area contributed by atoms with E-state index in [4.69, 9.17) is 39.5 Å². The minimum absolute atomic E-state index is 0.335. The smallest absolute Gasteiger partial charge is 0.329 e. The van der Waals surface area contributed by atoms with Gasteiger partial charge in [-0.3, -0.25) is 9.59 Å². The maximum Gasteiger partial charge on any atom is 0.329 e. The second kappa shape index (κ2) is 10.8. The van der Waals surface area contributed by atoms with Gasteiger partial charge in [-0.1, -0.05) is 46.9 Å². The Hall–Kier alpha value is -3.06. The van der Waals surface area contributed by atoms with Gasteiger partial charge in [-0.05, 0) is 65.7 Å². The molecular weight excluding hydrogens is 461 g/mol. The van der Waals surface area contributed by atoms with E-state index < -0.39 is 11.8 Å². The van der Waals surface area contributed by atoms with Crippen LogP contribution in [0.1, 0.15) is 11.1 Å². The molecule has 0 aliphatic heterocycles. The first-order chi connectivity index (χ1) is 14.9. The van der Waals surface area contributed by atoms with Crippen molar-refractivity contribution in [1.82, 2.24) is 5.43 Å². The van der Waals surface area contributed by atoms with Crippen molar-refractivity contribution in [3.05, 3.63) is 92.9 Å². The molecule has 0 saturated heterocycles. The van der Waals surface area contributed by atoms with Gasteiger partial charge in [0.2, 0.25) is 0 Å². The molecule has 6 nitrogen and oxygen atoms in total. The molecule has 0 spiro atoms. The van der Waals surface area contributed by atoms with E-state index in [-0.39, 0.29) is 0 Å². The molecule has 2 N–H and O–H groups in total. The zero-order valence-corrected chi connectivity index (χ0v) is 18.2. The highest BCUT2D eigenvalue weighted by Gasteiger charge is 2.12. The largest absolute Gasteiger partial charge is 0.489 e. The van der Waals surface area contributed by atoms with Gasteiger partial charge >= 0.3 is 11.8 Å². The summed E-state index contributed by atoms with van der Waals surface area (Å²) in [5.41, 5.74) is 4.17. The number of amides is 2. The Balaban J connectivity index is 1.48. The average molecular weight is 477 g/mol. The molecule has 0 aliphatic carbocycles. The van der Waals surface area contributed by atoms with Crippen LogP contribution in [-0.4, -0.2) is 18.0 Å². The maximum atomic E-state index is 11.9. The van der Waals surface area contributed by atoms with Gasteiger partial charge in [0, 0.05) is 10.7 Å². The van der Waals surface area contributed by atoms with Crippen LogP contribution in [0.2, 0.25) is 15.1 Å². The van der Waals surface area contributed by atoms with Crippen molar-refractivity contribution < 1.29 is 14.3 Å². The third-order valence-electron chi connectivity index (χ3n) is 3.94. The van der Waals surface area contributed by atoms with Gasteiger partial charge < -0.3 is 10.1 Å². The predicted octanol–water partition coefficient (Wildman–Crippen LogP) is 5.31. The van der Waals surface area contributed by atoms with Crippen molar-refractivity contribution in [2.24, 2.45) is 5.10 Å². The average Bonchev–Trinajstić information content (AvgIpc) is 2.75. The number of carbonyl (C=O) groups excluding carboxylic acids is 2. The van der Waals surface area contributed by atoms with Gasteiger partial charge in [-0.25, -0.2) is 5.43 Å². The number of halogens is 3.